The summed E-state index contributed by atoms with van der Waals surface area (Å²) in [6.45, 7) is 3.90. The number of hydrogen-bond donors (Lipinski definition) is 0. The van der Waals surface area contributed by atoms with Crippen molar-refractivity contribution in [3.63, 3.8) is 0 Å². The van der Waals surface area contributed by atoms with E-state index >= 15 is 0 Å². The third kappa shape index (κ3) is 3.64. The fourth-order valence-corrected chi connectivity index (χ4v) is 2.78. The van der Waals surface area contributed by atoms with E-state index in [1.54, 1.807) is 38.5 Å². The minimum Gasteiger partial charge on any atom is -0.497 e. The van der Waals surface area contributed by atoms with Crippen molar-refractivity contribution in [2.45, 2.75) is 19.4 Å². The van der Waals surface area contributed by atoms with Gasteiger partial charge < -0.3 is 14.2 Å². The highest BCUT2D eigenvalue weighted by atomic mass is 16.5. The predicted octanol–water partition coefficient (Wildman–Crippen LogP) is 4.78. The number of carbonyl (C=O) groups is 1. The first kappa shape index (κ1) is 17.8. The number of methoxy groups -OCH3 is 2. The molecule has 134 valence electrons. The molecular weight excluding hydrogens is 328 g/mol. The van der Waals surface area contributed by atoms with Gasteiger partial charge in [0.15, 0.2) is 5.78 Å². The summed E-state index contributed by atoms with van der Waals surface area (Å²) in [5.74, 6) is 1.90. The fourth-order valence-electron chi connectivity index (χ4n) is 2.78. The van der Waals surface area contributed by atoms with Gasteiger partial charge in [-0.2, -0.15) is 0 Å². The first-order valence-corrected chi connectivity index (χ1v) is 8.39. The van der Waals surface area contributed by atoms with Gasteiger partial charge in [0.25, 0.3) is 0 Å². The standard InChI is InChI=1S/C22H22O4/c1-22(2)14-13-18-20(25-4)12-10-17(21(18)26-22)19(23)11-7-15-5-8-16(24-3)9-6-15/h5-14H,1-4H3/b11-7+. The zero-order valence-corrected chi connectivity index (χ0v) is 15.4. The molecule has 4 heteroatoms. The number of ketones is 1. The van der Waals surface area contributed by atoms with Crippen LogP contribution in [0.15, 0.2) is 48.6 Å². The second-order valence-electron chi connectivity index (χ2n) is 6.57. The van der Waals surface area contributed by atoms with Crippen molar-refractivity contribution in [3.8, 4) is 17.2 Å². The second kappa shape index (κ2) is 7.08. The highest BCUT2D eigenvalue weighted by Crippen LogP contribution is 2.39. The van der Waals surface area contributed by atoms with Crippen molar-refractivity contribution >= 4 is 17.9 Å². The van der Waals surface area contributed by atoms with Crippen LogP contribution in [0.2, 0.25) is 0 Å². The van der Waals surface area contributed by atoms with Crippen LogP contribution in [0.1, 0.15) is 35.3 Å². The lowest BCUT2D eigenvalue weighted by molar-refractivity contribution is 0.103. The Morgan fingerprint density at radius 2 is 1.77 bits per heavy atom. The van der Waals surface area contributed by atoms with Gasteiger partial charge in [0.05, 0.1) is 25.3 Å². The lowest BCUT2D eigenvalue weighted by atomic mass is 9.97. The van der Waals surface area contributed by atoms with Crippen molar-refractivity contribution in [2.24, 2.45) is 0 Å². The van der Waals surface area contributed by atoms with Crippen LogP contribution in [-0.4, -0.2) is 25.6 Å². The number of ether oxygens (including phenoxy) is 3. The molecule has 0 unspecified atom stereocenters. The molecule has 2 aromatic rings. The minimum atomic E-state index is -0.478. The van der Waals surface area contributed by atoms with Gasteiger partial charge in [-0.3, -0.25) is 4.79 Å². The van der Waals surface area contributed by atoms with Crippen LogP contribution < -0.4 is 14.2 Å². The van der Waals surface area contributed by atoms with Crippen LogP contribution >= 0.6 is 0 Å². The molecule has 3 rings (SSSR count). The van der Waals surface area contributed by atoms with Crippen LogP contribution in [-0.2, 0) is 0 Å². The average molecular weight is 350 g/mol. The predicted molar refractivity (Wildman–Crippen MR) is 103 cm³/mol. The highest BCUT2D eigenvalue weighted by molar-refractivity contribution is 6.09. The van der Waals surface area contributed by atoms with Gasteiger partial charge in [0, 0.05) is 0 Å². The minimum absolute atomic E-state index is 0.120. The Labute approximate surface area is 153 Å². The maximum atomic E-state index is 12.8. The largest absolute Gasteiger partial charge is 0.497 e. The summed E-state index contributed by atoms with van der Waals surface area (Å²) in [5, 5.41) is 0. The normalized spacial score (nSPS) is 14.6. The molecule has 0 radical (unpaired) electrons. The van der Waals surface area contributed by atoms with E-state index in [0.717, 1.165) is 16.9 Å². The molecule has 0 N–H and O–H groups in total. The Morgan fingerprint density at radius 1 is 1.04 bits per heavy atom. The molecular formula is C22H22O4. The molecule has 1 aliphatic heterocycles. The topological polar surface area (TPSA) is 44.8 Å². The van der Waals surface area contributed by atoms with Gasteiger partial charge >= 0.3 is 0 Å². The summed E-state index contributed by atoms with van der Waals surface area (Å²) < 4.78 is 16.6. The summed E-state index contributed by atoms with van der Waals surface area (Å²) in [4.78, 5) is 12.8. The third-order valence-corrected chi connectivity index (χ3v) is 4.20. The molecule has 1 aliphatic rings. The molecule has 1 heterocycles. The molecule has 0 aliphatic carbocycles. The monoisotopic (exact) mass is 350 g/mol. The average Bonchev–Trinajstić information content (AvgIpc) is 2.64. The first-order chi connectivity index (χ1) is 12.4. The van der Waals surface area contributed by atoms with E-state index in [-0.39, 0.29) is 5.78 Å². The molecule has 0 saturated heterocycles. The van der Waals surface area contributed by atoms with Crippen LogP contribution in [0.3, 0.4) is 0 Å². The highest BCUT2D eigenvalue weighted by Gasteiger charge is 2.27. The Bertz CT molecular complexity index is 874. The number of allylic oxidation sites excluding steroid dienone is 1. The van der Waals surface area contributed by atoms with Crippen molar-refractivity contribution in [2.75, 3.05) is 14.2 Å². The molecule has 26 heavy (non-hydrogen) atoms. The number of fused-ring (bicyclic) bond motifs is 1. The van der Waals surface area contributed by atoms with Crippen molar-refractivity contribution < 1.29 is 19.0 Å². The third-order valence-electron chi connectivity index (χ3n) is 4.20. The van der Waals surface area contributed by atoms with Crippen molar-refractivity contribution in [1.29, 1.82) is 0 Å². The Morgan fingerprint density at radius 3 is 2.42 bits per heavy atom. The maximum Gasteiger partial charge on any atom is 0.189 e. The second-order valence-corrected chi connectivity index (χ2v) is 6.57. The summed E-state index contributed by atoms with van der Waals surface area (Å²) in [6, 6.07) is 11.0. The van der Waals surface area contributed by atoms with Crippen LogP contribution in [0.5, 0.6) is 17.2 Å². The smallest absolute Gasteiger partial charge is 0.189 e. The first-order valence-electron chi connectivity index (χ1n) is 8.39. The van der Waals surface area contributed by atoms with Gasteiger partial charge in [0.1, 0.15) is 22.8 Å². The summed E-state index contributed by atoms with van der Waals surface area (Å²) in [7, 11) is 3.23. The Kier molecular flexibility index (Phi) is 4.85. The maximum absolute atomic E-state index is 12.8. The Balaban J connectivity index is 1.92. The zero-order valence-electron chi connectivity index (χ0n) is 15.4. The number of benzene rings is 2. The van der Waals surface area contributed by atoms with E-state index in [2.05, 4.69) is 0 Å². The van der Waals surface area contributed by atoms with Crippen LogP contribution in [0, 0.1) is 0 Å². The molecule has 0 saturated carbocycles. The van der Waals surface area contributed by atoms with Gasteiger partial charge in [-0.15, -0.1) is 0 Å². The SMILES string of the molecule is COc1ccc(/C=C/C(=O)c2ccc(OC)c3c2OC(C)(C)C=C3)cc1. The summed E-state index contributed by atoms with van der Waals surface area (Å²) in [6.07, 6.45) is 7.24. The molecule has 4 nitrogen and oxygen atoms in total. The van der Waals surface area contributed by atoms with Crippen LogP contribution in [0.4, 0.5) is 0 Å². The van der Waals surface area contributed by atoms with Gasteiger partial charge in [-0.1, -0.05) is 18.2 Å². The summed E-state index contributed by atoms with van der Waals surface area (Å²) >= 11 is 0. The lowest BCUT2D eigenvalue weighted by Gasteiger charge is -2.29. The van der Waals surface area contributed by atoms with E-state index in [4.69, 9.17) is 14.2 Å². The lowest BCUT2D eigenvalue weighted by Crippen LogP contribution is -2.28. The number of carbonyl (C=O) groups excluding carboxylic acids is 1. The van der Waals surface area contributed by atoms with E-state index in [0.29, 0.717) is 17.1 Å². The van der Waals surface area contributed by atoms with E-state index in [1.165, 1.54) is 0 Å². The molecule has 0 aromatic heterocycles. The van der Waals surface area contributed by atoms with Gasteiger partial charge in [0.2, 0.25) is 0 Å². The van der Waals surface area contributed by atoms with E-state index in [1.807, 2.05) is 50.3 Å². The number of hydrogen-bond acceptors (Lipinski definition) is 4. The van der Waals surface area contributed by atoms with Crippen molar-refractivity contribution in [3.05, 3.63) is 65.2 Å². The van der Waals surface area contributed by atoms with Crippen molar-refractivity contribution in [1.82, 2.24) is 0 Å². The summed E-state index contributed by atoms with van der Waals surface area (Å²) in [5.41, 5.74) is 1.75. The number of rotatable bonds is 5. The van der Waals surface area contributed by atoms with Gasteiger partial charge in [-0.05, 0) is 61.9 Å². The van der Waals surface area contributed by atoms with Gasteiger partial charge in [-0.25, -0.2) is 0 Å². The molecule has 0 atom stereocenters. The van der Waals surface area contributed by atoms with E-state index < -0.39 is 5.60 Å². The quantitative estimate of drug-likeness (QED) is 0.575. The molecule has 0 fully saturated rings. The fraction of sp³-hybridized carbons (Fsp3) is 0.227. The molecule has 0 spiro atoms. The molecule has 0 bridgehead atoms. The zero-order chi connectivity index (χ0) is 18.7. The van der Waals surface area contributed by atoms with E-state index in [9.17, 15) is 4.79 Å². The van der Waals surface area contributed by atoms with Crippen LogP contribution in [0.25, 0.3) is 12.2 Å². The molecule has 2 aromatic carbocycles. The Hall–Kier alpha value is -3.01. The molecule has 0 amide bonds.